The molecule has 3 aromatic carbocycles. The maximum Gasteiger partial charge on any atom is 0.297 e. The van der Waals surface area contributed by atoms with Crippen molar-refractivity contribution in [2.45, 2.75) is 31.5 Å². The molecule has 0 saturated carbocycles. The molecule has 7 heteroatoms. The first kappa shape index (κ1) is 22.9. The summed E-state index contributed by atoms with van der Waals surface area (Å²) < 4.78 is 48.3. The van der Waals surface area contributed by atoms with E-state index in [-0.39, 0.29) is 18.1 Å². The lowest BCUT2D eigenvalue weighted by atomic mass is 10.1. The Balaban J connectivity index is 1.49. The number of hydrogen-bond donors (Lipinski definition) is 0. The number of allylic oxidation sites excluding steroid dienone is 1. The third-order valence-electron chi connectivity index (χ3n) is 5.12. The summed E-state index contributed by atoms with van der Waals surface area (Å²) in [5.74, 6) is 1.73. The molecule has 4 rings (SSSR count). The molecule has 0 N–H and O–H groups in total. The Labute approximate surface area is 194 Å². The van der Waals surface area contributed by atoms with Crippen molar-refractivity contribution in [3.63, 3.8) is 0 Å². The van der Waals surface area contributed by atoms with Crippen LogP contribution >= 0.6 is 0 Å². The summed E-state index contributed by atoms with van der Waals surface area (Å²) >= 11 is 0. The SMILES string of the molecule is C/C=C/c1c(OCc2ccccc2)ccc2c1OC(COS(=O)(=O)c1ccc(C)cc1)CO2. The molecule has 0 radical (unpaired) electrons. The number of ether oxygens (including phenoxy) is 3. The van der Waals surface area contributed by atoms with Crippen LogP contribution < -0.4 is 14.2 Å². The second-order valence-electron chi connectivity index (χ2n) is 7.68. The first-order valence-corrected chi connectivity index (χ1v) is 12.1. The number of rotatable bonds is 8. The van der Waals surface area contributed by atoms with Crippen LogP contribution in [0.1, 0.15) is 23.6 Å². The molecule has 0 bridgehead atoms. The van der Waals surface area contributed by atoms with Crippen LogP contribution in [0.2, 0.25) is 0 Å². The fourth-order valence-corrected chi connectivity index (χ4v) is 4.32. The molecular weight excluding hydrogens is 440 g/mol. The van der Waals surface area contributed by atoms with Crippen LogP contribution in [0.15, 0.2) is 77.7 Å². The van der Waals surface area contributed by atoms with Crippen LogP contribution in [-0.2, 0) is 20.9 Å². The zero-order valence-electron chi connectivity index (χ0n) is 18.6. The molecule has 0 amide bonds. The Hall–Kier alpha value is -3.29. The van der Waals surface area contributed by atoms with Gasteiger partial charge < -0.3 is 14.2 Å². The van der Waals surface area contributed by atoms with Crippen LogP contribution in [0.3, 0.4) is 0 Å². The number of aryl methyl sites for hydroxylation is 1. The molecule has 33 heavy (non-hydrogen) atoms. The second kappa shape index (κ2) is 10.1. The van der Waals surface area contributed by atoms with Crippen molar-refractivity contribution in [3.05, 3.63) is 89.5 Å². The summed E-state index contributed by atoms with van der Waals surface area (Å²) in [4.78, 5) is 0.108. The quantitative estimate of drug-likeness (QED) is 0.428. The maximum absolute atomic E-state index is 12.5. The van der Waals surface area contributed by atoms with Gasteiger partial charge in [-0.05, 0) is 43.7 Å². The Morgan fingerprint density at radius 3 is 2.52 bits per heavy atom. The smallest absolute Gasteiger partial charge is 0.297 e. The van der Waals surface area contributed by atoms with Gasteiger partial charge in [0.1, 0.15) is 25.6 Å². The molecule has 0 aromatic heterocycles. The van der Waals surface area contributed by atoms with Crippen molar-refractivity contribution in [1.29, 1.82) is 0 Å². The Bertz CT molecular complexity index is 1220. The van der Waals surface area contributed by atoms with Crippen LogP contribution in [0, 0.1) is 6.92 Å². The van der Waals surface area contributed by atoms with Gasteiger partial charge in [0, 0.05) is 0 Å². The Morgan fingerprint density at radius 2 is 1.79 bits per heavy atom. The van der Waals surface area contributed by atoms with E-state index in [1.165, 1.54) is 12.1 Å². The number of fused-ring (bicyclic) bond motifs is 1. The molecule has 1 aliphatic heterocycles. The lowest BCUT2D eigenvalue weighted by molar-refractivity contribution is 0.0548. The van der Waals surface area contributed by atoms with Gasteiger partial charge in [-0.2, -0.15) is 8.42 Å². The molecule has 1 aliphatic rings. The minimum Gasteiger partial charge on any atom is -0.488 e. The molecule has 1 unspecified atom stereocenters. The van der Waals surface area contributed by atoms with Crippen LogP contribution in [0.5, 0.6) is 17.2 Å². The van der Waals surface area contributed by atoms with E-state index in [1.807, 2.05) is 62.4 Å². The van der Waals surface area contributed by atoms with Gasteiger partial charge in [0.2, 0.25) is 0 Å². The molecule has 0 saturated heterocycles. The van der Waals surface area contributed by atoms with Gasteiger partial charge in [0.15, 0.2) is 17.6 Å². The van der Waals surface area contributed by atoms with Crippen LogP contribution in [0.4, 0.5) is 0 Å². The molecule has 0 spiro atoms. The van der Waals surface area contributed by atoms with Crippen LogP contribution in [0.25, 0.3) is 6.08 Å². The van der Waals surface area contributed by atoms with Gasteiger partial charge in [-0.3, -0.25) is 4.18 Å². The fourth-order valence-electron chi connectivity index (χ4n) is 3.39. The summed E-state index contributed by atoms with van der Waals surface area (Å²) in [5.41, 5.74) is 2.75. The standard InChI is InChI=1S/C26H26O6S/c1-3-7-23-24(29-16-20-8-5-4-6-9-20)14-15-25-26(23)32-21(17-30-25)18-31-33(27,28)22-12-10-19(2)11-13-22/h3-15,21H,16-18H2,1-2H3/b7-3+. The van der Waals surface area contributed by atoms with Crippen LogP contribution in [-0.4, -0.2) is 27.7 Å². The van der Waals surface area contributed by atoms with Crippen molar-refractivity contribution in [3.8, 4) is 17.2 Å². The van der Waals surface area contributed by atoms with E-state index in [0.29, 0.717) is 23.9 Å². The minimum absolute atomic E-state index is 0.108. The molecule has 1 atom stereocenters. The summed E-state index contributed by atoms with van der Waals surface area (Å²) in [6.45, 7) is 4.21. The zero-order valence-corrected chi connectivity index (χ0v) is 19.4. The highest BCUT2D eigenvalue weighted by atomic mass is 32.2. The summed E-state index contributed by atoms with van der Waals surface area (Å²) in [5, 5.41) is 0. The van der Waals surface area contributed by atoms with E-state index in [4.69, 9.17) is 18.4 Å². The van der Waals surface area contributed by atoms with Crippen molar-refractivity contribution in [2.75, 3.05) is 13.2 Å². The lowest BCUT2D eigenvalue weighted by Gasteiger charge is -2.28. The Morgan fingerprint density at radius 1 is 1.03 bits per heavy atom. The van der Waals surface area contributed by atoms with Gasteiger partial charge in [0.05, 0.1) is 10.5 Å². The zero-order chi connectivity index (χ0) is 23.3. The normalized spacial score (nSPS) is 15.5. The summed E-state index contributed by atoms with van der Waals surface area (Å²) in [7, 11) is -3.90. The first-order chi connectivity index (χ1) is 16.0. The van der Waals surface area contributed by atoms with Gasteiger partial charge >= 0.3 is 0 Å². The topological polar surface area (TPSA) is 71.1 Å². The molecule has 172 valence electrons. The van der Waals surface area contributed by atoms with Gasteiger partial charge in [0.25, 0.3) is 10.1 Å². The fraction of sp³-hybridized carbons (Fsp3) is 0.231. The monoisotopic (exact) mass is 466 g/mol. The predicted octanol–water partition coefficient (Wildman–Crippen LogP) is 5.15. The molecule has 1 heterocycles. The average Bonchev–Trinajstić information content (AvgIpc) is 2.83. The number of hydrogen-bond acceptors (Lipinski definition) is 6. The van der Waals surface area contributed by atoms with E-state index in [9.17, 15) is 8.42 Å². The van der Waals surface area contributed by atoms with E-state index in [1.54, 1.807) is 18.2 Å². The minimum atomic E-state index is -3.90. The average molecular weight is 467 g/mol. The lowest BCUT2D eigenvalue weighted by Crippen LogP contribution is -2.34. The van der Waals surface area contributed by atoms with E-state index < -0.39 is 16.2 Å². The predicted molar refractivity (Wildman–Crippen MR) is 126 cm³/mol. The summed E-state index contributed by atoms with van der Waals surface area (Å²) in [6, 6.07) is 20.0. The maximum atomic E-state index is 12.5. The largest absolute Gasteiger partial charge is 0.488 e. The second-order valence-corrected chi connectivity index (χ2v) is 9.30. The van der Waals surface area contributed by atoms with Gasteiger partial charge in [-0.15, -0.1) is 0 Å². The highest BCUT2D eigenvalue weighted by Gasteiger charge is 2.27. The molecule has 0 aliphatic carbocycles. The summed E-state index contributed by atoms with van der Waals surface area (Å²) in [6.07, 6.45) is 3.18. The van der Waals surface area contributed by atoms with Gasteiger partial charge in [-0.25, -0.2) is 0 Å². The van der Waals surface area contributed by atoms with Gasteiger partial charge in [-0.1, -0.05) is 60.2 Å². The highest BCUT2D eigenvalue weighted by Crippen LogP contribution is 2.41. The highest BCUT2D eigenvalue weighted by molar-refractivity contribution is 7.86. The molecular formula is C26H26O6S. The molecule has 0 fully saturated rings. The first-order valence-electron chi connectivity index (χ1n) is 10.7. The van der Waals surface area contributed by atoms with E-state index in [2.05, 4.69) is 0 Å². The molecule has 6 nitrogen and oxygen atoms in total. The number of benzene rings is 3. The van der Waals surface area contributed by atoms with Crippen molar-refractivity contribution < 1.29 is 26.8 Å². The molecule has 3 aromatic rings. The third kappa shape index (κ3) is 5.56. The van der Waals surface area contributed by atoms with Crippen molar-refractivity contribution in [1.82, 2.24) is 0 Å². The van der Waals surface area contributed by atoms with E-state index >= 15 is 0 Å². The van der Waals surface area contributed by atoms with Crippen molar-refractivity contribution >= 4 is 16.2 Å². The van der Waals surface area contributed by atoms with Crippen molar-refractivity contribution in [2.24, 2.45) is 0 Å². The third-order valence-corrected chi connectivity index (χ3v) is 6.41. The Kier molecular flexibility index (Phi) is 7.01. The van der Waals surface area contributed by atoms with E-state index in [0.717, 1.165) is 16.7 Å².